The largest absolute Gasteiger partial charge is 0.370 e. The molecule has 5 heteroatoms. The van der Waals surface area contributed by atoms with Crippen LogP contribution < -0.4 is 11.1 Å². The fourth-order valence-electron chi connectivity index (χ4n) is 2.18. The van der Waals surface area contributed by atoms with Crippen molar-refractivity contribution in [2.45, 2.75) is 25.3 Å². The van der Waals surface area contributed by atoms with Crippen molar-refractivity contribution in [2.75, 3.05) is 27.2 Å². The maximum absolute atomic E-state index is 5.93. The van der Waals surface area contributed by atoms with E-state index < -0.39 is 0 Å². The van der Waals surface area contributed by atoms with Crippen LogP contribution in [0.25, 0.3) is 0 Å². The molecule has 3 N–H and O–H groups in total. The molecule has 1 aliphatic carbocycles. The molecular formula is C14H24N4S. The molecule has 0 aliphatic heterocycles. The zero-order valence-electron chi connectivity index (χ0n) is 11.8. The standard InChI is InChI=1S/C14H24N4S/c1-18(2)12(13-7-4-8-19-13)10-17-14(15)16-9-11-5-3-6-11/h4,7-8,11-12H,3,5-6,9-10H2,1-2H3,(H3,15,16,17). The fourth-order valence-corrected chi connectivity index (χ4v) is 3.09. The number of likely N-dealkylation sites (N-methyl/N-ethyl adjacent to an activating group) is 1. The van der Waals surface area contributed by atoms with Gasteiger partial charge >= 0.3 is 0 Å². The Morgan fingerprint density at radius 3 is 2.89 bits per heavy atom. The second-order valence-electron chi connectivity index (χ2n) is 5.40. The molecule has 0 radical (unpaired) electrons. The molecule has 0 saturated heterocycles. The fraction of sp³-hybridized carbons (Fsp3) is 0.643. The van der Waals surface area contributed by atoms with Gasteiger partial charge in [-0.2, -0.15) is 0 Å². The van der Waals surface area contributed by atoms with Crippen molar-refractivity contribution in [3.05, 3.63) is 22.4 Å². The highest BCUT2D eigenvalue weighted by Gasteiger charge is 2.17. The summed E-state index contributed by atoms with van der Waals surface area (Å²) < 4.78 is 0. The van der Waals surface area contributed by atoms with Gasteiger partial charge in [-0.05, 0) is 44.3 Å². The Labute approximate surface area is 119 Å². The van der Waals surface area contributed by atoms with Crippen molar-refractivity contribution in [3.8, 4) is 0 Å². The molecule has 1 saturated carbocycles. The number of guanidine groups is 1. The Morgan fingerprint density at radius 2 is 2.37 bits per heavy atom. The Balaban J connectivity index is 1.83. The van der Waals surface area contributed by atoms with Gasteiger partial charge in [-0.1, -0.05) is 12.5 Å². The van der Waals surface area contributed by atoms with Crippen molar-refractivity contribution in [3.63, 3.8) is 0 Å². The maximum atomic E-state index is 5.93. The molecule has 1 atom stereocenters. The van der Waals surface area contributed by atoms with Crippen LogP contribution in [0.3, 0.4) is 0 Å². The zero-order chi connectivity index (χ0) is 13.7. The molecule has 2 rings (SSSR count). The van der Waals surface area contributed by atoms with E-state index in [0.29, 0.717) is 18.5 Å². The van der Waals surface area contributed by atoms with Crippen LogP contribution in [0.4, 0.5) is 0 Å². The predicted octanol–water partition coefficient (Wildman–Crippen LogP) is 2.06. The molecule has 19 heavy (non-hydrogen) atoms. The number of nitrogens with two attached hydrogens (primary N) is 1. The van der Waals surface area contributed by atoms with Gasteiger partial charge in [-0.25, -0.2) is 0 Å². The summed E-state index contributed by atoms with van der Waals surface area (Å²) in [6.07, 6.45) is 4.02. The van der Waals surface area contributed by atoms with Crippen LogP contribution in [-0.4, -0.2) is 38.0 Å². The third-order valence-electron chi connectivity index (χ3n) is 3.73. The van der Waals surface area contributed by atoms with E-state index >= 15 is 0 Å². The summed E-state index contributed by atoms with van der Waals surface area (Å²) in [5.74, 6) is 1.38. The number of nitrogens with one attached hydrogen (secondary N) is 1. The highest BCUT2D eigenvalue weighted by Crippen LogP contribution is 2.25. The summed E-state index contributed by atoms with van der Waals surface area (Å²) in [7, 11) is 4.16. The van der Waals surface area contributed by atoms with E-state index in [1.54, 1.807) is 11.3 Å². The van der Waals surface area contributed by atoms with Crippen LogP contribution in [0.2, 0.25) is 0 Å². The van der Waals surface area contributed by atoms with Crippen LogP contribution >= 0.6 is 11.3 Å². The Bertz CT molecular complexity index is 396. The third-order valence-corrected chi connectivity index (χ3v) is 4.70. The molecule has 106 valence electrons. The number of rotatable bonds is 6. The Morgan fingerprint density at radius 1 is 1.58 bits per heavy atom. The Hall–Kier alpha value is -1.07. The molecule has 1 aromatic heterocycles. The average molecular weight is 280 g/mol. The van der Waals surface area contributed by atoms with E-state index in [2.05, 4.69) is 46.8 Å². The van der Waals surface area contributed by atoms with Crippen LogP contribution in [0.1, 0.15) is 30.2 Å². The molecule has 0 bridgehead atoms. The van der Waals surface area contributed by atoms with Crippen molar-refractivity contribution in [2.24, 2.45) is 16.6 Å². The lowest BCUT2D eigenvalue weighted by atomic mass is 9.85. The number of nitrogens with zero attached hydrogens (tertiary/aromatic N) is 2. The predicted molar refractivity (Wildman–Crippen MR) is 82.6 cm³/mol. The first kappa shape index (κ1) is 14.3. The van der Waals surface area contributed by atoms with E-state index in [1.807, 2.05) is 0 Å². The van der Waals surface area contributed by atoms with Crippen LogP contribution in [0.15, 0.2) is 22.5 Å². The molecule has 1 heterocycles. The van der Waals surface area contributed by atoms with Gasteiger partial charge in [0, 0.05) is 11.4 Å². The highest BCUT2D eigenvalue weighted by molar-refractivity contribution is 7.10. The van der Waals surface area contributed by atoms with Gasteiger partial charge in [0.15, 0.2) is 5.96 Å². The average Bonchev–Trinajstić information content (AvgIpc) is 2.80. The van der Waals surface area contributed by atoms with Gasteiger partial charge in [-0.15, -0.1) is 11.3 Å². The number of hydrogen-bond acceptors (Lipinski definition) is 3. The number of thiophene rings is 1. The van der Waals surface area contributed by atoms with Gasteiger partial charge < -0.3 is 16.0 Å². The summed E-state index contributed by atoms with van der Waals surface area (Å²) in [5, 5.41) is 5.34. The quantitative estimate of drug-likeness (QED) is 0.619. The molecule has 4 nitrogen and oxygen atoms in total. The molecule has 1 aromatic rings. The SMILES string of the molecule is CN(C)C(CN=C(N)NCC1CCC1)c1cccs1. The molecule has 1 aliphatic rings. The van der Waals surface area contributed by atoms with Crippen LogP contribution in [-0.2, 0) is 0 Å². The molecule has 0 spiro atoms. The maximum Gasteiger partial charge on any atom is 0.188 e. The zero-order valence-corrected chi connectivity index (χ0v) is 12.6. The summed E-state index contributed by atoms with van der Waals surface area (Å²) in [6.45, 7) is 1.68. The van der Waals surface area contributed by atoms with E-state index in [-0.39, 0.29) is 0 Å². The van der Waals surface area contributed by atoms with Gasteiger partial charge in [0.25, 0.3) is 0 Å². The topological polar surface area (TPSA) is 53.6 Å². The summed E-state index contributed by atoms with van der Waals surface area (Å²) in [4.78, 5) is 8.00. The summed E-state index contributed by atoms with van der Waals surface area (Å²) in [6, 6.07) is 4.55. The van der Waals surface area contributed by atoms with E-state index in [0.717, 1.165) is 12.5 Å². The first-order chi connectivity index (χ1) is 9.16. The van der Waals surface area contributed by atoms with Crippen molar-refractivity contribution in [1.82, 2.24) is 10.2 Å². The minimum absolute atomic E-state index is 0.309. The minimum atomic E-state index is 0.309. The number of aliphatic imine (C=N–C) groups is 1. The molecule has 1 fully saturated rings. The minimum Gasteiger partial charge on any atom is -0.370 e. The van der Waals surface area contributed by atoms with Crippen LogP contribution in [0.5, 0.6) is 0 Å². The number of hydrogen-bond donors (Lipinski definition) is 2. The van der Waals surface area contributed by atoms with E-state index in [1.165, 1.54) is 24.1 Å². The lowest BCUT2D eigenvalue weighted by Gasteiger charge is -2.26. The van der Waals surface area contributed by atoms with Gasteiger partial charge in [0.05, 0.1) is 12.6 Å². The Kier molecular flexibility index (Phi) is 5.22. The first-order valence-corrected chi connectivity index (χ1v) is 7.78. The summed E-state index contributed by atoms with van der Waals surface area (Å²) >= 11 is 1.77. The highest BCUT2D eigenvalue weighted by atomic mass is 32.1. The van der Waals surface area contributed by atoms with Crippen molar-refractivity contribution in [1.29, 1.82) is 0 Å². The van der Waals surface area contributed by atoms with Gasteiger partial charge in [0.2, 0.25) is 0 Å². The summed E-state index contributed by atoms with van der Waals surface area (Å²) in [5.41, 5.74) is 5.93. The molecule has 1 unspecified atom stereocenters. The molecular weight excluding hydrogens is 256 g/mol. The van der Waals surface area contributed by atoms with Gasteiger partial charge in [0.1, 0.15) is 0 Å². The first-order valence-electron chi connectivity index (χ1n) is 6.90. The lowest BCUT2D eigenvalue weighted by molar-refractivity contribution is 0.308. The van der Waals surface area contributed by atoms with Crippen molar-refractivity contribution >= 4 is 17.3 Å². The molecule has 0 amide bonds. The van der Waals surface area contributed by atoms with Crippen molar-refractivity contribution < 1.29 is 0 Å². The second-order valence-corrected chi connectivity index (χ2v) is 6.38. The van der Waals surface area contributed by atoms with E-state index in [9.17, 15) is 0 Å². The van der Waals surface area contributed by atoms with E-state index in [4.69, 9.17) is 5.73 Å². The normalized spacial score (nSPS) is 18.4. The second kappa shape index (κ2) is 6.91. The monoisotopic (exact) mass is 280 g/mol. The van der Waals surface area contributed by atoms with Crippen LogP contribution in [0, 0.1) is 5.92 Å². The lowest BCUT2D eigenvalue weighted by Crippen LogP contribution is -2.38. The molecule has 0 aromatic carbocycles. The third kappa shape index (κ3) is 4.21. The smallest absolute Gasteiger partial charge is 0.188 e. The van der Waals surface area contributed by atoms with Gasteiger partial charge in [-0.3, -0.25) is 4.99 Å².